The number of nitrogens with zero attached hydrogens (tertiary/aromatic N) is 1. The second kappa shape index (κ2) is 5.45. The monoisotopic (exact) mass is 250 g/mol. The zero-order valence-corrected chi connectivity index (χ0v) is 11.9. The zero-order chi connectivity index (χ0) is 13.2. The van der Waals surface area contributed by atoms with Gasteiger partial charge in [-0.2, -0.15) is 0 Å². The maximum Gasteiger partial charge on any atom is 0.122 e. The van der Waals surface area contributed by atoms with Crippen molar-refractivity contribution in [2.75, 3.05) is 13.1 Å². The smallest absolute Gasteiger partial charge is 0.122 e. The summed E-state index contributed by atoms with van der Waals surface area (Å²) in [4.78, 5) is 2.51. The summed E-state index contributed by atoms with van der Waals surface area (Å²) in [7, 11) is 0. The molecule has 3 heteroatoms. The van der Waals surface area contributed by atoms with E-state index in [1.54, 1.807) is 6.26 Å². The first-order valence-corrected chi connectivity index (χ1v) is 7.06. The summed E-state index contributed by atoms with van der Waals surface area (Å²) in [6, 6.07) is 4.39. The normalized spacial score (nSPS) is 23.8. The molecule has 2 atom stereocenters. The van der Waals surface area contributed by atoms with Crippen LogP contribution >= 0.6 is 0 Å². The van der Waals surface area contributed by atoms with Crippen molar-refractivity contribution in [3.8, 4) is 0 Å². The Kier molecular flexibility index (Phi) is 4.13. The molecule has 0 radical (unpaired) electrons. The third-order valence-corrected chi connectivity index (χ3v) is 4.04. The van der Waals surface area contributed by atoms with Crippen LogP contribution in [-0.4, -0.2) is 24.0 Å². The summed E-state index contributed by atoms with van der Waals surface area (Å²) in [5, 5.41) is 0. The van der Waals surface area contributed by atoms with Gasteiger partial charge in [-0.05, 0) is 43.4 Å². The molecule has 0 bridgehead atoms. The lowest BCUT2D eigenvalue weighted by Crippen LogP contribution is -2.47. The van der Waals surface area contributed by atoms with Crippen LogP contribution in [-0.2, 0) is 0 Å². The molecule has 1 aromatic rings. The zero-order valence-electron chi connectivity index (χ0n) is 11.9. The lowest BCUT2D eigenvalue weighted by molar-refractivity contribution is 0.0561. The van der Waals surface area contributed by atoms with E-state index >= 15 is 0 Å². The molecule has 0 aromatic carbocycles. The van der Waals surface area contributed by atoms with E-state index in [1.807, 2.05) is 6.07 Å². The molecule has 0 spiro atoms. The molecule has 18 heavy (non-hydrogen) atoms. The van der Waals surface area contributed by atoms with Crippen molar-refractivity contribution in [3.63, 3.8) is 0 Å². The van der Waals surface area contributed by atoms with E-state index < -0.39 is 0 Å². The Labute approximate surface area is 110 Å². The van der Waals surface area contributed by atoms with Crippen LogP contribution in [0, 0.1) is 5.41 Å². The molecule has 2 N–H and O–H groups in total. The Morgan fingerprint density at radius 2 is 2.28 bits per heavy atom. The van der Waals surface area contributed by atoms with Crippen molar-refractivity contribution in [1.82, 2.24) is 4.90 Å². The molecule has 1 aliphatic rings. The topological polar surface area (TPSA) is 42.4 Å². The quantitative estimate of drug-likeness (QED) is 0.892. The molecule has 2 heterocycles. The van der Waals surface area contributed by atoms with Gasteiger partial charge in [0.25, 0.3) is 0 Å². The highest BCUT2D eigenvalue weighted by Gasteiger charge is 2.34. The Balaban J connectivity index is 2.19. The van der Waals surface area contributed by atoms with E-state index in [2.05, 4.69) is 31.7 Å². The Bertz CT molecular complexity index is 359. The van der Waals surface area contributed by atoms with Gasteiger partial charge in [0, 0.05) is 12.6 Å². The molecular weight excluding hydrogens is 224 g/mol. The lowest BCUT2D eigenvalue weighted by atomic mass is 9.82. The van der Waals surface area contributed by atoms with E-state index in [0.717, 1.165) is 25.3 Å². The standard InChI is InChI=1S/C15H26N2O/c1-4-12(16)14(13-7-5-10-18-13)17-9-6-8-15(2,3)11-17/h5,7,10,12,14H,4,6,8-9,11,16H2,1-3H3. The first kappa shape index (κ1) is 13.6. The molecule has 3 nitrogen and oxygen atoms in total. The highest BCUT2D eigenvalue weighted by Crippen LogP contribution is 2.35. The van der Waals surface area contributed by atoms with Gasteiger partial charge < -0.3 is 10.2 Å². The SMILES string of the molecule is CCC(N)C(c1ccco1)N1CCCC(C)(C)C1. The van der Waals surface area contributed by atoms with Crippen LogP contribution in [0.25, 0.3) is 0 Å². The summed E-state index contributed by atoms with van der Waals surface area (Å²) in [5.41, 5.74) is 6.71. The molecule has 0 amide bonds. The summed E-state index contributed by atoms with van der Waals surface area (Å²) >= 11 is 0. The van der Waals surface area contributed by atoms with E-state index in [-0.39, 0.29) is 12.1 Å². The number of hydrogen-bond acceptors (Lipinski definition) is 3. The van der Waals surface area contributed by atoms with Crippen molar-refractivity contribution in [2.45, 2.75) is 52.1 Å². The van der Waals surface area contributed by atoms with Gasteiger partial charge in [-0.15, -0.1) is 0 Å². The molecule has 1 aromatic heterocycles. The summed E-state index contributed by atoms with van der Waals surface area (Å²) in [6.45, 7) is 9.07. The molecule has 0 saturated carbocycles. The molecule has 102 valence electrons. The molecule has 1 fully saturated rings. The second-order valence-electron chi connectivity index (χ2n) is 6.27. The van der Waals surface area contributed by atoms with Crippen molar-refractivity contribution in [1.29, 1.82) is 0 Å². The van der Waals surface area contributed by atoms with Crippen LogP contribution < -0.4 is 5.73 Å². The van der Waals surface area contributed by atoms with Crippen molar-refractivity contribution in [2.24, 2.45) is 11.1 Å². The average Bonchev–Trinajstić information content (AvgIpc) is 2.81. The van der Waals surface area contributed by atoms with Crippen LogP contribution in [0.3, 0.4) is 0 Å². The van der Waals surface area contributed by atoms with Crippen LogP contribution in [0.15, 0.2) is 22.8 Å². The third kappa shape index (κ3) is 2.96. The van der Waals surface area contributed by atoms with E-state index in [9.17, 15) is 0 Å². The van der Waals surface area contributed by atoms with Gasteiger partial charge in [-0.3, -0.25) is 4.90 Å². The van der Waals surface area contributed by atoms with E-state index in [1.165, 1.54) is 12.8 Å². The van der Waals surface area contributed by atoms with Gasteiger partial charge in [0.2, 0.25) is 0 Å². The van der Waals surface area contributed by atoms with Gasteiger partial charge in [-0.25, -0.2) is 0 Å². The Morgan fingerprint density at radius 3 is 2.83 bits per heavy atom. The van der Waals surface area contributed by atoms with Crippen molar-refractivity contribution < 1.29 is 4.42 Å². The van der Waals surface area contributed by atoms with E-state index in [0.29, 0.717) is 5.41 Å². The maximum absolute atomic E-state index is 6.33. The third-order valence-electron chi connectivity index (χ3n) is 4.04. The predicted molar refractivity (Wildman–Crippen MR) is 74.3 cm³/mol. The number of hydrogen-bond donors (Lipinski definition) is 1. The number of likely N-dealkylation sites (tertiary alicyclic amines) is 1. The minimum absolute atomic E-state index is 0.144. The molecule has 0 aliphatic carbocycles. The lowest BCUT2D eigenvalue weighted by Gasteiger charge is -2.43. The second-order valence-corrected chi connectivity index (χ2v) is 6.27. The van der Waals surface area contributed by atoms with Gasteiger partial charge in [0.05, 0.1) is 12.3 Å². The fourth-order valence-electron chi connectivity index (χ4n) is 3.05. The van der Waals surface area contributed by atoms with Gasteiger partial charge >= 0.3 is 0 Å². The van der Waals surface area contributed by atoms with Crippen LogP contribution in [0.4, 0.5) is 0 Å². The summed E-state index contributed by atoms with van der Waals surface area (Å²) in [5.74, 6) is 1.02. The Hall–Kier alpha value is -0.800. The molecule has 2 rings (SSSR count). The van der Waals surface area contributed by atoms with Gasteiger partial charge in [0.15, 0.2) is 0 Å². The van der Waals surface area contributed by atoms with Gasteiger partial charge in [-0.1, -0.05) is 20.8 Å². The molecule has 1 aliphatic heterocycles. The summed E-state index contributed by atoms with van der Waals surface area (Å²) in [6.07, 6.45) is 5.28. The minimum atomic E-state index is 0.144. The number of piperidine rings is 1. The molecule has 2 unspecified atom stereocenters. The van der Waals surface area contributed by atoms with Gasteiger partial charge in [0.1, 0.15) is 5.76 Å². The Morgan fingerprint density at radius 1 is 1.50 bits per heavy atom. The first-order valence-electron chi connectivity index (χ1n) is 7.06. The fourth-order valence-corrected chi connectivity index (χ4v) is 3.05. The predicted octanol–water partition coefficient (Wildman–Crippen LogP) is 3.18. The van der Waals surface area contributed by atoms with Crippen LogP contribution in [0.5, 0.6) is 0 Å². The molecule has 1 saturated heterocycles. The summed E-state index contributed by atoms with van der Waals surface area (Å²) < 4.78 is 5.62. The largest absolute Gasteiger partial charge is 0.468 e. The molecular formula is C15H26N2O. The van der Waals surface area contributed by atoms with Crippen molar-refractivity contribution >= 4 is 0 Å². The highest BCUT2D eigenvalue weighted by atomic mass is 16.3. The van der Waals surface area contributed by atoms with Crippen molar-refractivity contribution in [3.05, 3.63) is 24.2 Å². The minimum Gasteiger partial charge on any atom is -0.468 e. The van der Waals surface area contributed by atoms with E-state index in [4.69, 9.17) is 10.2 Å². The van der Waals surface area contributed by atoms with Crippen LogP contribution in [0.1, 0.15) is 51.8 Å². The average molecular weight is 250 g/mol. The highest BCUT2D eigenvalue weighted by molar-refractivity contribution is 5.08. The first-order chi connectivity index (χ1) is 8.53. The number of rotatable bonds is 4. The fraction of sp³-hybridized carbons (Fsp3) is 0.733. The van der Waals surface area contributed by atoms with Crippen LogP contribution in [0.2, 0.25) is 0 Å². The number of furan rings is 1. The maximum atomic E-state index is 6.33. The number of nitrogens with two attached hydrogens (primary N) is 1.